The van der Waals surface area contributed by atoms with Gasteiger partial charge in [0.05, 0.1) is 0 Å². The van der Waals surface area contributed by atoms with Gasteiger partial charge in [0.2, 0.25) is 0 Å². The highest BCUT2D eigenvalue weighted by Gasteiger charge is 2.10. The van der Waals surface area contributed by atoms with Crippen LogP contribution in [0.25, 0.3) is 18.2 Å². The Balaban J connectivity index is 1.75. The molecule has 2 aromatic rings. The summed E-state index contributed by atoms with van der Waals surface area (Å²) in [4.78, 5) is 15.5. The number of benzene rings is 1. The zero-order valence-corrected chi connectivity index (χ0v) is 13.5. The van der Waals surface area contributed by atoms with Crippen LogP contribution in [0.1, 0.15) is 15.4 Å². The lowest BCUT2D eigenvalue weighted by Gasteiger charge is -2.16. The van der Waals surface area contributed by atoms with Gasteiger partial charge in [-0.1, -0.05) is 17.7 Å². The molecule has 1 aromatic heterocycles. The fourth-order valence-electron chi connectivity index (χ4n) is 2.05. The molecular formula is C17H12ClNO3S. The summed E-state index contributed by atoms with van der Waals surface area (Å²) < 4.78 is 5.68. The van der Waals surface area contributed by atoms with Crippen molar-refractivity contribution in [1.82, 2.24) is 4.98 Å². The summed E-state index contributed by atoms with van der Waals surface area (Å²) in [5.41, 5.74) is 1.96. The first kappa shape index (κ1) is 15.5. The highest BCUT2D eigenvalue weighted by atomic mass is 35.5. The van der Waals surface area contributed by atoms with Crippen LogP contribution >= 0.6 is 22.9 Å². The van der Waals surface area contributed by atoms with Crippen molar-refractivity contribution in [3.05, 3.63) is 62.6 Å². The van der Waals surface area contributed by atoms with Gasteiger partial charge in [-0.2, -0.15) is 0 Å². The quantitative estimate of drug-likeness (QED) is 0.835. The minimum Gasteiger partial charge on any atom is -0.488 e. The van der Waals surface area contributed by atoms with E-state index >= 15 is 0 Å². The topological polar surface area (TPSA) is 59.4 Å². The number of rotatable bonds is 4. The summed E-state index contributed by atoms with van der Waals surface area (Å²) >= 11 is 7.41. The van der Waals surface area contributed by atoms with E-state index in [4.69, 9.17) is 21.4 Å². The van der Waals surface area contributed by atoms with Gasteiger partial charge in [-0.05, 0) is 42.0 Å². The molecule has 0 aliphatic carbocycles. The van der Waals surface area contributed by atoms with E-state index in [1.807, 2.05) is 30.4 Å². The van der Waals surface area contributed by atoms with Gasteiger partial charge in [-0.3, -0.25) is 0 Å². The van der Waals surface area contributed by atoms with E-state index in [0.717, 1.165) is 32.8 Å². The first-order chi connectivity index (χ1) is 11.1. The van der Waals surface area contributed by atoms with Crippen molar-refractivity contribution >= 4 is 47.1 Å². The molecule has 0 radical (unpaired) electrons. The molecule has 0 unspecified atom stereocenters. The number of carbonyl (C=O) groups is 1. The Kier molecular flexibility index (Phi) is 4.60. The van der Waals surface area contributed by atoms with Crippen LogP contribution in [0.5, 0.6) is 5.75 Å². The maximum atomic E-state index is 10.5. The number of aliphatic carboxylic acids is 1. The first-order valence-electron chi connectivity index (χ1n) is 6.78. The number of fused-ring (bicyclic) bond motifs is 1. The molecule has 0 saturated heterocycles. The third-order valence-electron chi connectivity index (χ3n) is 3.08. The lowest BCUT2D eigenvalue weighted by atomic mass is 10.1. The Labute approximate surface area is 142 Å². The Morgan fingerprint density at radius 3 is 3.04 bits per heavy atom. The highest BCUT2D eigenvalue weighted by Crippen LogP contribution is 2.29. The van der Waals surface area contributed by atoms with Crippen molar-refractivity contribution in [2.45, 2.75) is 0 Å². The zero-order chi connectivity index (χ0) is 16.2. The maximum Gasteiger partial charge on any atom is 0.328 e. The third-order valence-corrected chi connectivity index (χ3v) is 4.24. The van der Waals surface area contributed by atoms with Crippen molar-refractivity contribution in [2.75, 3.05) is 6.61 Å². The Bertz CT molecular complexity index is 836. The predicted molar refractivity (Wildman–Crippen MR) is 92.7 cm³/mol. The number of aromatic nitrogens is 1. The number of thiazole rings is 1. The first-order valence-corrected chi connectivity index (χ1v) is 7.97. The van der Waals surface area contributed by atoms with E-state index in [-0.39, 0.29) is 0 Å². The molecule has 1 N–H and O–H groups in total. The molecule has 0 fully saturated rings. The maximum absolute atomic E-state index is 10.5. The van der Waals surface area contributed by atoms with Crippen molar-refractivity contribution in [3.8, 4) is 5.75 Å². The van der Waals surface area contributed by atoms with Crippen molar-refractivity contribution < 1.29 is 14.6 Å². The Morgan fingerprint density at radius 2 is 2.22 bits per heavy atom. The summed E-state index contributed by atoms with van der Waals surface area (Å²) in [6, 6.07) is 5.52. The molecule has 4 nitrogen and oxygen atoms in total. The fourth-order valence-corrected chi connectivity index (χ4v) is 2.95. The zero-order valence-electron chi connectivity index (χ0n) is 11.9. The summed E-state index contributed by atoms with van der Waals surface area (Å²) in [7, 11) is 0. The number of carboxylic acid groups (broad SMARTS) is 1. The minimum atomic E-state index is -0.975. The predicted octanol–water partition coefficient (Wildman–Crippen LogP) is 4.38. The summed E-state index contributed by atoms with van der Waals surface area (Å²) in [6.45, 7) is 0.488. The highest BCUT2D eigenvalue weighted by molar-refractivity contribution is 7.13. The molecule has 1 aromatic carbocycles. The van der Waals surface area contributed by atoms with E-state index in [1.165, 1.54) is 17.4 Å². The van der Waals surface area contributed by atoms with Crippen LogP contribution in [0.4, 0.5) is 0 Å². The summed E-state index contributed by atoms with van der Waals surface area (Å²) in [6.07, 6.45) is 10.1. The lowest BCUT2D eigenvalue weighted by molar-refractivity contribution is -0.131. The van der Waals surface area contributed by atoms with Crippen LogP contribution < -0.4 is 4.74 Å². The van der Waals surface area contributed by atoms with Crippen molar-refractivity contribution in [2.24, 2.45) is 0 Å². The molecule has 1 aliphatic rings. The van der Waals surface area contributed by atoms with Gasteiger partial charge in [0.1, 0.15) is 17.4 Å². The molecular weight excluding hydrogens is 334 g/mol. The molecule has 0 amide bonds. The second-order valence-electron chi connectivity index (χ2n) is 4.80. The molecule has 6 heteroatoms. The van der Waals surface area contributed by atoms with Crippen molar-refractivity contribution in [3.63, 3.8) is 0 Å². The van der Waals surface area contributed by atoms with Crippen molar-refractivity contribution in [1.29, 1.82) is 0 Å². The molecule has 2 heterocycles. The molecule has 0 atom stereocenters. The Morgan fingerprint density at radius 1 is 1.35 bits per heavy atom. The largest absolute Gasteiger partial charge is 0.488 e. The van der Waals surface area contributed by atoms with E-state index in [9.17, 15) is 4.79 Å². The standard InChI is InChI=1S/C17H12ClNO3S/c18-13-2-4-15-12(8-13)7-11(10-22-15)1-5-16-19-9-14(23-16)3-6-17(20)21/h1-9H,10H2,(H,20,21). The van der Waals surface area contributed by atoms with Crippen LogP contribution in [0.15, 0.2) is 42.1 Å². The monoisotopic (exact) mass is 345 g/mol. The van der Waals surface area contributed by atoms with E-state index in [2.05, 4.69) is 4.98 Å². The number of halogens is 1. The minimum absolute atomic E-state index is 0.488. The van der Waals surface area contributed by atoms with E-state index in [1.54, 1.807) is 12.3 Å². The van der Waals surface area contributed by atoms with Crippen LogP contribution in [0.3, 0.4) is 0 Å². The number of ether oxygens (including phenoxy) is 1. The van der Waals surface area contributed by atoms with Crippen LogP contribution in [0.2, 0.25) is 5.02 Å². The SMILES string of the molecule is O=C(O)C=Cc1cnc(C=CC2=Cc3cc(Cl)ccc3OC2)s1. The molecule has 1 aliphatic heterocycles. The molecule has 116 valence electrons. The van der Waals surface area contributed by atoms with Gasteiger partial charge in [-0.15, -0.1) is 11.3 Å². The van der Waals surface area contributed by atoms with Gasteiger partial charge in [0.15, 0.2) is 0 Å². The van der Waals surface area contributed by atoms with Gasteiger partial charge < -0.3 is 9.84 Å². The number of nitrogens with zero attached hydrogens (tertiary/aromatic N) is 1. The molecule has 3 rings (SSSR count). The summed E-state index contributed by atoms with van der Waals surface area (Å²) in [5.74, 6) is -0.153. The van der Waals surface area contributed by atoms with Gasteiger partial charge in [0, 0.05) is 27.7 Å². The Hall–Kier alpha value is -2.37. The smallest absolute Gasteiger partial charge is 0.328 e. The number of carboxylic acids is 1. The van der Waals surface area contributed by atoms with Crippen LogP contribution in [0, 0.1) is 0 Å². The molecule has 0 spiro atoms. The van der Waals surface area contributed by atoms with Gasteiger partial charge in [0.25, 0.3) is 0 Å². The van der Waals surface area contributed by atoms with E-state index < -0.39 is 5.97 Å². The second kappa shape index (κ2) is 6.81. The molecule has 23 heavy (non-hydrogen) atoms. The van der Waals surface area contributed by atoms with Crippen LogP contribution in [-0.4, -0.2) is 22.7 Å². The molecule has 0 saturated carbocycles. The average Bonchev–Trinajstić information content (AvgIpc) is 2.98. The second-order valence-corrected chi connectivity index (χ2v) is 6.33. The lowest BCUT2D eigenvalue weighted by Crippen LogP contribution is -2.05. The summed E-state index contributed by atoms with van der Waals surface area (Å²) in [5, 5.41) is 10.1. The normalized spacial score (nSPS) is 13.9. The fraction of sp³-hybridized carbons (Fsp3) is 0.0588. The van der Waals surface area contributed by atoms with Crippen LogP contribution in [-0.2, 0) is 4.79 Å². The van der Waals surface area contributed by atoms with Gasteiger partial charge >= 0.3 is 5.97 Å². The molecule has 0 bridgehead atoms. The number of hydrogen-bond donors (Lipinski definition) is 1. The third kappa shape index (κ3) is 4.09. The van der Waals surface area contributed by atoms with Gasteiger partial charge in [-0.25, -0.2) is 9.78 Å². The number of hydrogen-bond acceptors (Lipinski definition) is 4. The van der Waals surface area contributed by atoms with E-state index in [0.29, 0.717) is 11.6 Å². The average molecular weight is 346 g/mol.